The fraction of sp³-hybridized carbons (Fsp3) is 0.571. The number of nitro groups is 1. The van der Waals surface area contributed by atoms with Gasteiger partial charge < -0.3 is 15.0 Å². The first-order chi connectivity index (χ1) is 10.0. The molecule has 1 heterocycles. The van der Waals surface area contributed by atoms with Crippen molar-refractivity contribution in [3.63, 3.8) is 0 Å². The number of nitrogens with zero attached hydrogens (tertiary/aromatic N) is 2. The molecule has 1 saturated heterocycles. The van der Waals surface area contributed by atoms with Gasteiger partial charge in [0.1, 0.15) is 5.69 Å². The SMILES string of the molecule is COc1cc(NCC2CCCN(C)C2)c([N+](=O)[O-])cc1F. The number of halogens is 1. The van der Waals surface area contributed by atoms with Crippen LogP contribution in [0.1, 0.15) is 12.8 Å². The van der Waals surface area contributed by atoms with Crippen molar-refractivity contribution in [2.75, 3.05) is 39.1 Å². The molecule has 0 saturated carbocycles. The van der Waals surface area contributed by atoms with Gasteiger partial charge in [-0.15, -0.1) is 0 Å². The van der Waals surface area contributed by atoms with E-state index in [0.29, 0.717) is 18.2 Å². The summed E-state index contributed by atoms with van der Waals surface area (Å²) in [7, 11) is 3.40. The highest BCUT2D eigenvalue weighted by atomic mass is 19.1. The van der Waals surface area contributed by atoms with Crippen molar-refractivity contribution in [3.05, 3.63) is 28.1 Å². The first kappa shape index (κ1) is 15.5. The van der Waals surface area contributed by atoms with Crippen molar-refractivity contribution in [2.45, 2.75) is 12.8 Å². The minimum Gasteiger partial charge on any atom is -0.494 e. The second kappa shape index (κ2) is 6.71. The Labute approximate surface area is 123 Å². The van der Waals surface area contributed by atoms with Gasteiger partial charge >= 0.3 is 0 Å². The van der Waals surface area contributed by atoms with E-state index >= 15 is 0 Å². The molecule has 1 N–H and O–H groups in total. The Bertz CT molecular complexity index is 524. The van der Waals surface area contributed by atoms with Crippen LogP contribution in [0.25, 0.3) is 0 Å². The molecule has 1 aromatic rings. The molecule has 21 heavy (non-hydrogen) atoms. The maximum atomic E-state index is 13.6. The molecule has 1 unspecified atom stereocenters. The molecule has 1 atom stereocenters. The second-order valence-corrected chi connectivity index (χ2v) is 5.41. The van der Waals surface area contributed by atoms with Crippen LogP contribution in [-0.4, -0.2) is 43.6 Å². The van der Waals surface area contributed by atoms with Crippen LogP contribution < -0.4 is 10.1 Å². The molecule has 116 valence electrons. The van der Waals surface area contributed by atoms with Crippen molar-refractivity contribution < 1.29 is 14.1 Å². The van der Waals surface area contributed by atoms with Crippen molar-refractivity contribution >= 4 is 11.4 Å². The summed E-state index contributed by atoms with van der Waals surface area (Å²) in [6.07, 6.45) is 2.21. The van der Waals surface area contributed by atoms with E-state index < -0.39 is 10.7 Å². The summed E-state index contributed by atoms with van der Waals surface area (Å²) in [5.74, 6) is -0.296. The summed E-state index contributed by atoms with van der Waals surface area (Å²) in [6.45, 7) is 2.67. The molecule has 1 aliphatic heterocycles. The van der Waals surface area contributed by atoms with Gasteiger partial charge in [-0.2, -0.15) is 0 Å². The van der Waals surface area contributed by atoms with Crippen LogP contribution in [0.5, 0.6) is 5.75 Å². The molecule has 7 heteroatoms. The molecule has 0 spiro atoms. The quantitative estimate of drug-likeness (QED) is 0.668. The van der Waals surface area contributed by atoms with Crippen molar-refractivity contribution in [1.29, 1.82) is 0 Å². The van der Waals surface area contributed by atoms with E-state index in [2.05, 4.69) is 17.3 Å². The first-order valence-electron chi connectivity index (χ1n) is 6.95. The topological polar surface area (TPSA) is 67.6 Å². The zero-order valence-electron chi connectivity index (χ0n) is 12.3. The Morgan fingerprint density at radius 1 is 1.57 bits per heavy atom. The van der Waals surface area contributed by atoms with E-state index in [1.807, 2.05) is 0 Å². The van der Waals surface area contributed by atoms with Gasteiger partial charge in [0.05, 0.1) is 18.1 Å². The standard InChI is InChI=1S/C14H20FN3O3/c1-17-5-3-4-10(9-17)8-16-12-7-14(21-2)11(15)6-13(12)18(19)20/h6-7,10,16H,3-5,8-9H2,1-2H3. The third-order valence-corrected chi connectivity index (χ3v) is 3.77. The predicted octanol–water partition coefficient (Wildman–Crippen LogP) is 2.50. The van der Waals surface area contributed by atoms with E-state index in [9.17, 15) is 14.5 Å². The van der Waals surface area contributed by atoms with Gasteiger partial charge in [0, 0.05) is 19.2 Å². The summed E-state index contributed by atoms with van der Waals surface area (Å²) in [6, 6.07) is 2.24. The van der Waals surface area contributed by atoms with E-state index in [1.54, 1.807) is 0 Å². The van der Waals surface area contributed by atoms with Gasteiger partial charge in [-0.25, -0.2) is 4.39 Å². The lowest BCUT2D eigenvalue weighted by Crippen LogP contribution is -2.35. The van der Waals surface area contributed by atoms with Gasteiger partial charge in [0.15, 0.2) is 11.6 Å². The molecule has 2 rings (SSSR count). The minimum absolute atomic E-state index is 0.00358. The molecular formula is C14H20FN3O3. The lowest BCUT2D eigenvalue weighted by atomic mass is 9.98. The van der Waals surface area contributed by atoms with Crippen molar-refractivity contribution in [1.82, 2.24) is 4.90 Å². The Balaban J connectivity index is 2.12. The molecule has 0 bridgehead atoms. The number of methoxy groups -OCH3 is 1. The van der Waals surface area contributed by atoms with Crippen LogP contribution in [-0.2, 0) is 0 Å². The van der Waals surface area contributed by atoms with Crippen molar-refractivity contribution in [2.24, 2.45) is 5.92 Å². The zero-order chi connectivity index (χ0) is 15.4. The van der Waals surface area contributed by atoms with Crippen LogP contribution in [0.2, 0.25) is 0 Å². The van der Waals surface area contributed by atoms with E-state index in [4.69, 9.17) is 4.74 Å². The van der Waals surface area contributed by atoms with Crippen LogP contribution >= 0.6 is 0 Å². The number of rotatable bonds is 5. The number of hydrogen-bond acceptors (Lipinski definition) is 5. The van der Waals surface area contributed by atoms with Crippen LogP contribution in [0.15, 0.2) is 12.1 Å². The minimum atomic E-state index is -0.729. The average Bonchev–Trinajstić information content (AvgIpc) is 2.45. The van der Waals surface area contributed by atoms with E-state index in [-0.39, 0.29) is 11.4 Å². The van der Waals surface area contributed by atoms with E-state index in [0.717, 1.165) is 32.0 Å². The maximum absolute atomic E-state index is 13.6. The molecule has 1 aromatic carbocycles. The number of anilines is 1. The molecule has 6 nitrogen and oxygen atoms in total. The van der Waals surface area contributed by atoms with Gasteiger partial charge in [-0.05, 0) is 32.4 Å². The number of ether oxygens (including phenoxy) is 1. The van der Waals surface area contributed by atoms with Crippen LogP contribution in [0.3, 0.4) is 0 Å². The molecule has 0 amide bonds. The zero-order valence-corrected chi connectivity index (χ0v) is 12.3. The molecule has 1 fully saturated rings. The normalized spacial score (nSPS) is 19.3. The fourth-order valence-electron chi connectivity index (χ4n) is 2.69. The fourth-order valence-corrected chi connectivity index (χ4v) is 2.69. The van der Waals surface area contributed by atoms with Gasteiger partial charge in [-0.1, -0.05) is 0 Å². The third kappa shape index (κ3) is 3.81. The van der Waals surface area contributed by atoms with E-state index in [1.165, 1.54) is 13.2 Å². The number of benzene rings is 1. The predicted molar refractivity (Wildman–Crippen MR) is 78.3 cm³/mol. The van der Waals surface area contributed by atoms with Gasteiger partial charge in [-0.3, -0.25) is 10.1 Å². The Kier molecular flexibility index (Phi) is 4.95. The molecule has 1 aliphatic rings. The Hall–Kier alpha value is -1.89. The monoisotopic (exact) mass is 297 g/mol. The maximum Gasteiger partial charge on any atom is 0.295 e. The summed E-state index contributed by atoms with van der Waals surface area (Å²) in [5.41, 5.74) is 0.0314. The Morgan fingerprint density at radius 2 is 2.33 bits per heavy atom. The highest BCUT2D eigenvalue weighted by molar-refractivity contribution is 5.64. The molecule has 0 aliphatic carbocycles. The number of piperidine rings is 1. The number of hydrogen-bond donors (Lipinski definition) is 1. The van der Waals surface area contributed by atoms with Crippen LogP contribution in [0.4, 0.5) is 15.8 Å². The Morgan fingerprint density at radius 3 is 2.95 bits per heavy atom. The summed E-state index contributed by atoms with van der Waals surface area (Å²) in [5, 5.41) is 14.1. The molecule has 0 aromatic heterocycles. The second-order valence-electron chi connectivity index (χ2n) is 5.41. The highest BCUT2D eigenvalue weighted by Gasteiger charge is 2.21. The summed E-state index contributed by atoms with van der Waals surface area (Å²) >= 11 is 0. The molecule has 0 radical (unpaired) electrons. The smallest absolute Gasteiger partial charge is 0.295 e. The largest absolute Gasteiger partial charge is 0.494 e. The lowest BCUT2D eigenvalue weighted by Gasteiger charge is -2.29. The third-order valence-electron chi connectivity index (χ3n) is 3.77. The number of likely N-dealkylation sites (tertiary alicyclic amines) is 1. The van der Waals surface area contributed by atoms with Gasteiger partial charge in [0.25, 0.3) is 5.69 Å². The first-order valence-corrected chi connectivity index (χ1v) is 6.95. The van der Waals surface area contributed by atoms with Crippen molar-refractivity contribution in [3.8, 4) is 5.75 Å². The summed E-state index contributed by atoms with van der Waals surface area (Å²) < 4.78 is 18.5. The van der Waals surface area contributed by atoms with Gasteiger partial charge in [0.2, 0.25) is 0 Å². The molecular weight excluding hydrogens is 277 g/mol. The summed E-state index contributed by atoms with van der Waals surface area (Å²) in [4.78, 5) is 12.7. The lowest BCUT2D eigenvalue weighted by molar-refractivity contribution is -0.384. The van der Waals surface area contributed by atoms with Crippen LogP contribution in [0, 0.1) is 21.8 Å². The highest BCUT2D eigenvalue weighted by Crippen LogP contribution is 2.32. The number of nitrogens with one attached hydrogen (secondary N) is 1. The number of nitro benzene ring substituents is 1. The average molecular weight is 297 g/mol.